The Morgan fingerprint density at radius 1 is 0.966 bits per heavy atom. The van der Waals surface area contributed by atoms with Crippen LogP contribution < -0.4 is 15.8 Å². The lowest BCUT2D eigenvalue weighted by molar-refractivity contribution is 0.416. The number of nitrogens with zero attached hydrogens (tertiary/aromatic N) is 2. The minimum absolute atomic E-state index is 0.267. The minimum Gasteiger partial charge on any atom is -0.496 e. The van der Waals surface area contributed by atoms with Crippen LogP contribution in [0.15, 0.2) is 60.9 Å². The van der Waals surface area contributed by atoms with Crippen LogP contribution in [0, 0.1) is 6.92 Å². The van der Waals surface area contributed by atoms with Gasteiger partial charge in [-0.15, -0.1) is 0 Å². The molecule has 0 saturated heterocycles. The molecule has 0 amide bonds. The number of benzene rings is 1. The highest BCUT2D eigenvalue weighted by molar-refractivity contribution is 5.72. The predicted octanol–water partition coefficient (Wildman–Crippen LogP) is 3.90. The number of nitrogens with one attached hydrogen (secondary N) is 1. The molecule has 5 nitrogen and oxygen atoms in total. The molecule has 0 radical (unpaired) electrons. The van der Waals surface area contributed by atoms with Crippen molar-refractivity contribution < 1.29 is 4.74 Å². The molecular weight excluding hydrogens is 360 g/mol. The maximum atomic E-state index is 5.79. The number of para-hydroxylation sites is 1. The Balaban J connectivity index is 1.81. The number of aryl methyl sites for hydroxylation is 1. The Bertz CT molecular complexity index is 913. The van der Waals surface area contributed by atoms with Crippen molar-refractivity contribution in [3.8, 4) is 16.9 Å². The second-order valence-corrected chi connectivity index (χ2v) is 7.18. The fraction of sp³-hybridized carbons (Fsp3) is 0.333. The average Bonchev–Trinajstić information content (AvgIpc) is 2.77. The minimum atomic E-state index is 0.267. The number of rotatable bonds is 10. The number of ether oxygens (including phenoxy) is 1. The van der Waals surface area contributed by atoms with Crippen molar-refractivity contribution in [2.45, 2.75) is 38.8 Å². The number of hydrogen-bond donors (Lipinski definition) is 2. The van der Waals surface area contributed by atoms with E-state index in [1.165, 1.54) is 5.56 Å². The van der Waals surface area contributed by atoms with Gasteiger partial charge in [-0.3, -0.25) is 9.97 Å². The Kier molecular flexibility index (Phi) is 7.73. The third kappa shape index (κ3) is 5.62. The van der Waals surface area contributed by atoms with E-state index in [0.29, 0.717) is 6.54 Å². The quantitative estimate of drug-likeness (QED) is 0.549. The summed E-state index contributed by atoms with van der Waals surface area (Å²) in [5, 5.41) is 3.68. The van der Waals surface area contributed by atoms with Gasteiger partial charge >= 0.3 is 0 Å². The van der Waals surface area contributed by atoms with Crippen molar-refractivity contribution in [2.24, 2.45) is 5.73 Å². The molecule has 0 fully saturated rings. The number of nitrogens with two attached hydrogens (primary N) is 1. The topological polar surface area (TPSA) is 73.1 Å². The first-order valence-electron chi connectivity index (χ1n) is 10.1. The van der Waals surface area contributed by atoms with Gasteiger partial charge in [0, 0.05) is 48.2 Å². The Morgan fingerprint density at radius 2 is 1.69 bits per heavy atom. The summed E-state index contributed by atoms with van der Waals surface area (Å²) in [7, 11) is 1.70. The fourth-order valence-electron chi connectivity index (χ4n) is 3.53. The molecule has 0 bridgehead atoms. The number of methoxy groups -OCH3 is 1. The molecule has 0 spiro atoms. The standard InChI is InChI=1S/C24H30N4O/c1-18-8-6-14-27-23(18)17-28-19(9-5-13-25)16-22-20(11-7-15-26-22)21-10-3-4-12-24(21)29-2/h3-4,6-8,10-12,14-15,19,28H,5,9,13,16-17,25H2,1-2H3. The van der Waals surface area contributed by atoms with E-state index >= 15 is 0 Å². The first-order valence-corrected chi connectivity index (χ1v) is 10.1. The van der Waals surface area contributed by atoms with E-state index < -0.39 is 0 Å². The Morgan fingerprint density at radius 3 is 2.45 bits per heavy atom. The van der Waals surface area contributed by atoms with Crippen molar-refractivity contribution >= 4 is 0 Å². The molecule has 5 heteroatoms. The zero-order valence-electron chi connectivity index (χ0n) is 17.3. The van der Waals surface area contributed by atoms with Crippen LogP contribution in [0.3, 0.4) is 0 Å². The summed E-state index contributed by atoms with van der Waals surface area (Å²) < 4.78 is 5.57. The van der Waals surface area contributed by atoms with Gasteiger partial charge in [-0.05, 0) is 50.1 Å². The first kappa shape index (κ1) is 21.0. The van der Waals surface area contributed by atoms with Gasteiger partial charge in [0.05, 0.1) is 12.8 Å². The van der Waals surface area contributed by atoms with E-state index in [2.05, 4.69) is 35.4 Å². The number of pyridine rings is 2. The third-order valence-electron chi connectivity index (χ3n) is 5.16. The number of aromatic nitrogens is 2. The van der Waals surface area contributed by atoms with E-state index in [1.807, 2.05) is 42.7 Å². The summed E-state index contributed by atoms with van der Waals surface area (Å²) in [5.41, 5.74) is 11.3. The lowest BCUT2D eigenvalue weighted by Gasteiger charge is -2.20. The molecule has 1 unspecified atom stereocenters. The summed E-state index contributed by atoms with van der Waals surface area (Å²) in [4.78, 5) is 9.21. The van der Waals surface area contributed by atoms with E-state index in [4.69, 9.17) is 15.5 Å². The summed E-state index contributed by atoms with van der Waals surface area (Å²) >= 11 is 0. The van der Waals surface area contributed by atoms with E-state index in [-0.39, 0.29) is 6.04 Å². The maximum Gasteiger partial charge on any atom is 0.126 e. The molecule has 152 valence electrons. The predicted molar refractivity (Wildman–Crippen MR) is 118 cm³/mol. The zero-order chi connectivity index (χ0) is 20.5. The smallest absolute Gasteiger partial charge is 0.126 e. The van der Waals surface area contributed by atoms with Crippen LogP contribution in [0.4, 0.5) is 0 Å². The highest BCUT2D eigenvalue weighted by Crippen LogP contribution is 2.31. The van der Waals surface area contributed by atoms with Crippen LogP contribution in [0.5, 0.6) is 5.75 Å². The molecule has 3 rings (SSSR count). The largest absolute Gasteiger partial charge is 0.496 e. The summed E-state index contributed by atoms with van der Waals surface area (Å²) in [6.07, 6.45) is 6.48. The second kappa shape index (κ2) is 10.7. The van der Waals surface area contributed by atoms with Gasteiger partial charge in [-0.1, -0.05) is 30.3 Å². The molecule has 0 aliphatic rings. The van der Waals surface area contributed by atoms with E-state index in [1.54, 1.807) is 7.11 Å². The lowest BCUT2D eigenvalue weighted by atomic mass is 9.97. The van der Waals surface area contributed by atoms with Gasteiger partial charge in [0.15, 0.2) is 0 Å². The zero-order valence-corrected chi connectivity index (χ0v) is 17.3. The Hall–Kier alpha value is -2.76. The number of hydrogen-bond acceptors (Lipinski definition) is 5. The molecule has 0 aliphatic heterocycles. The average molecular weight is 391 g/mol. The highest BCUT2D eigenvalue weighted by Gasteiger charge is 2.16. The molecule has 3 N–H and O–H groups in total. The van der Waals surface area contributed by atoms with Crippen molar-refractivity contribution in [2.75, 3.05) is 13.7 Å². The van der Waals surface area contributed by atoms with Crippen molar-refractivity contribution in [1.82, 2.24) is 15.3 Å². The molecule has 29 heavy (non-hydrogen) atoms. The molecule has 0 saturated carbocycles. The molecule has 3 aromatic rings. The monoisotopic (exact) mass is 390 g/mol. The van der Waals surface area contributed by atoms with E-state index in [9.17, 15) is 0 Å². The summed E-state index contributed by atoms with van der Waals surface area (Å²) in [5.74, 6) is 0.859. The van der Waals surface area contributed by atoms with Crippen LogP contribution in [-0.4, -0.2) is 29.7 Å². The van der Waals surface area contributed by atoms with Crippen LogP contribution in [-0.2, 0) is 13.0 Å². The van der Waals surface area contributed by atoms with Gasteiger partial charge in [-0.2, -0.15) is 0 Å². The fourth-order valence-corrected chi connectivity index (χ4v) is 3.53. The van der Waals surface area contributed by atoms with Gasteiger partial charge in [0.1, 0.15) is 5.75 Å². The van der Waals surface area contributed by atoms with Crippen molar-refractivity contribution in [1.29, 1.82) is 0 Å². The molecule has 1 aromatic carbocycles. The Labute approximate surface area is 173 Å². The lowest BCUT2D eigenvalue weighted by Crippen LogP contribution is -2.32. The molecule has 2 aromatic heterocycles. The van der Waals surface area contributed by atoms with Crippen molar-refractivity contribution in [3.63, 3.8) is 0 Å². The van der Waals surface area contributed by atoms with E-state index in [0.717, 1.165) is 54.1 Å². The summed E-state index contributed by atoms with van der Waals surface area (Å²) in [6.45, 7) is 3.51. The molecular formula is C24H30N4O. The van der Waals surface area contributed by atoms with Crippen LogP contribution in [0.2, 0.25) is 0 Å². The van der Waals surface area contributed by atoms with Gasteiger partial charge in [0.2, 0.25) is 0 Å². The maximum absolute atomic E-state index is 5.79. The first-order chi connectivity index (χ1) is 14.2. The van der Waals surface area contributed by atoms with Crippen LogP contribution in [0.25, 0.3) is 11.1 Å². The van der Waals surface area contributed by atoms with Gasteiger partial charge in [0.25, 0.3) is 0 Å². The third-order valence-corrected chi connectivity index (χ3v) is 5.16. The normalized spacial score (nSPS) is 12.0. The van der Waals surface area contributed by atoms with Crippen LogP contribution in [0.1, 0.15) is 29.8 Å². The van der Waals surface area contributed by atoms with Crippen LogP contribution >= 0.6 is 0 Å². The molecule has 0 aliphatic carbocycles. The summed E-state index contributed by atoms with van der Waals surface area (Å²) in [6, 6.07) is 16.5. The van der Waals surface area contributed by atoms with Crippen molar-refractivity contribution in [3.05, 3.63) is 77.9 Å². The van der Waals surface area contributed by atoms with Gasteiger partial charge < -0.3 is 15.8 Å². The molecule has 1 atom stereocenters. The second-order valence-electron chi connectivity index (χ2n) is 7.18. The van der Waals surface area contributed by atoms with Gasteiger partial charge in [-0.25, -0.2) is 0 Å². The molecule has 2 heterocycles. The SMILES string of the molecule is COc1ccccc1-c1cccnc1CC(CCCN)NCc1ncccc1C. The highest BCUT2D eigenvalue weighted by atomic mass is 16.5.